The molecule has 3 aromatic rings. The van der Waals surface area contributed by atoms with Crippen LogP contribution < -0.4 is 9.47 Å². The number of hydrogen-bond acceptors (Lipinski definition) is 4. The third-order valence-electron chi connectivity index (χ3n) is 6.88. The van der Waals surface area contributed by atoms with Gasteiger partial charge in [-0.2, -0.15) is 0 Å². The highest BCUT2D eigenvalue weighted by Gasteiger charge is 2.25. The fourth-order valence-electron chi connectivity index (χ4n) is 5.14. The Balaban J connectivity index is 1.19. The van der Waals surface area contributed by atoms with Crippen molar-refractivity contribution in [2.45, 2.75) is 58.1 Å². The number of aromatic nitrogens is 1. The molecule has 5 rings (SSSR count). The van der Waals surface area contributed by atoms with Crippen molar-refractivity contribution in [1.82, 2.24) is 9.88 Å². The van der Waals surface area contributed by atoms with Crippen LogP contribution in [0, 0.1) is 0 Å². The molecule has 2 aromatic carbocycles. The van der Waals surface area contributed by atoms with E-state index in [1.165, 1.54) is 27.9 Å². The summed E-state index contributed by atoms with van der Waals surface area (Å²) in [4.78, 5) is 7.38. The Kier molecular flexibility index (Phi) is 6.63. The van der Waals surface area contributed by atoms with Gasteiger partial charge in [-0.15, -0.1) is 0 Å². The predicted molar refractivity (Wildman–Crippen MR) is 132 cm³/mol. The van der Waals surface area contributed by atoms with E-state index in [0.29, 0.717) is 12.5 Å². The van der Waals surface area contributed by atoms with Gasteiger partial charge in [0.1, 0.15) is 17.6 Å². The highest BCUT2D eigenvalue weighted by atomic mass is 16.5. The smallest absolute Gasteiger partial charge is 0.124 e. The topological polar surface area (TPSA) is 34.6 Å². The summed E-state index contributed by atoms with van der Waals surface area (Å²) in [5.74, 6) is 2.60. The summed E-state index contributed by atoms with van der Waals surface area (Å²) < 4.78 is 12.0. The van der Waals surface area contributed by atoms with Gasteiger partial charge < -0.3 is 9.47 Å². The highest BCUT2D eigenvalue weighted by molar-refractivity contribution is 5.48. The summed E-state index contributed by atoms with van der Waals surface area (Å²) in [7, 11) is 0. The van der Waals surface area contributed by atoms with Gasteiger partial charge in [0.2, 0.25) is 0 Å². The minimum absolute atomic E-state index is 0.257. The van der Waals surface area contributed by atoms with Gasteiger partial charge >= 0.3 is 0 Å². The minimum atomic E-state index is 0.257. The predicted octanol–water partition coefficient (Wildman–Crippen LogP) is 5.77. The first kappa shape index (κ1) is 22.0. The van der Waals surface area contributed by atoms with Crippen molar-refractivity contribution in [3.8, 4) is 11.5 Å². The molecule has 2 aliphatic heterocycles. The molecule has 0 N–H and O–H groups in total. The van der Waals surface area contributed by atoms with E-state index in [-0.39, 0.29) is 6.10 Å². The van der Waals surface area contributed by atoms with E-state index in [4.69, 9.17) is 14.5 Å². The molecule has 0 amide bonds. The van der Waals surface area contributed by atoms with Gasteiger partial charge in [-0.3, -0.25) is 9.88 Å². The van der Waals surface area contributed by atoms with Crippen LogP contribution >= 0.6 is 0 Å². The van der Waals surface area contributed by atoms with E-state index < -0.39 is 0 Å². The Morgan fingerprint density at radius 1 is 1.03 bits per heavy atom. The number of piperidine rings is 1. The molecule has 4 nitrogen and oxygen atoms in total. The van der Waals surface area contributed by atoms with Crippen LogP contribution in [-0.4, -0.2) is 35.7 Å². The molecular weight excluding hydrogens is 408 g/mol. The molecule has 0 radical (unpaired) electrons. The third-order valence-corrected chi connectivity index (χ3v) is 6.88. The van der Waals surface area contributed by atoms with Gasteiger partial charge in [-0.05, 0) is 75.5 Å². The van der Waals surface area contributed by atoms with E-state index >= 15 is 0 Å². The largest absolute Gasteiger partial charge is 0.494 e. The summed E-state index contributed by atoms with van der Waals surface area (Å²) in [6, 6.07) is 19.5. The highest BCUT2D eigenvalue weighted by Crippen LogP contribution is 2.36. The maximum Gasteiger partial charge on any atom is 0.124 e. The fraction of sp³-hybridized carbons (Fsp3) is 0.414. The molecule has 172 valence electrons. The fourth-order valence-corrected chi connectivity index (χ4v) is 5.14. The molecule has 4 heteroatoms. The quantitative estimate of drug-likeness (QED) is 0.465. The van der Waals surface area contributed by atoms with Crippen LogP contribution in [0.15, 0.2) is 60.8 Å². The van der Waals surface area contributed by atoms with Gasteiger partial charge in [0.05, 0.1) is 6.61 Å². The second-order valence-electron chi connectivity index (χ2n) is 9.44. The Hall–Kier alpha value is -2.85. The standard InChI is InChI=1S/C29H34N2O2/c1-3-32-28-17-25-15-21(2)33-29(25)18-26(28)20-31-13-11-24(12-14-31)27-10-9-23(19-30-27)16-22-7-5-4-6-8-22/h4-10,17-19,21,24H,3,11-16,20H2,1-2H3/t21-/m1/s1. The average Bonchev–Trinajstić information content (AvgIpc) is 3.20. The van der Waals surface area contributed by atoms with Gasteiger partial charge in [0.15, 0.2) is 0 Å². The molecule has 0 saturated carbocycles. The van der Waals surface area contributed by atoms with Gasteiger partial charge in [0, 0.05) is 41.9 Å². The average molecular weight is 443 g/mol. The molecule has 1 fully saturated rings. The first-order valence-electron chi connectivity index (χ1n) is 12.3. The van der Waals surface area contributed by atoms with Crippen LogP contribution in [0.5, 0.6) is 11.5 Å². The molecule has 0 unspecified atom stereocenters. The van der Waals surface area contributed by atoms with Crippen molar-refractivity contribution >= 4 is 0 Å². The summed E-state index contributed by atoms with van der Waals surface area (Å²) >= 11 is 0. The molecule has 0 spiro atoms. The first-order valence-corrected chi connectivity index (χ1v) is 12.3. The van der Waals surface area contributed by atoms with E-state index in [1.54, 1.807) is 0 Å². The lowest BCUT2D eigenvalue weighted by Crippen LogP contribution is -2.32. The number of hydrogen-bond donors (Lipinski definition) is 0. The van der Waals surface area contributed by atoms with Crippen molar-refractivity contribution in [3.63, 3.8) is 0 Å². The zero-order valence-corrected chi connectivity index (χ0v) is 19.8. The normalized spacial score (nSPS) is 18.7. The molecule has 0 aliphatic carbocycles. The molecule has 2 aliphatic rings. The zero-order valence-electron chi connectivity index (χ0n) is 19.8. The van der Waals surface area contributed by atoms with Crippen LogP contribution in [-0.2, 0) is 19.4 Å². The van der Waals surface area contributed by atoms with Gasteiger partial charge in [-0.1, -0.05) is 36.4 Å². The third kappa shape index (κ3) is 5.22. The number of benzene rings is 2. The summed E-state index contributed by atoms with van der Waals surface area (Å²) in [5.41, 5.74) is 6.36. The van der Waals surface area contributed by atoms with E-state index in [9.17, 15) is 0 Å². The lowest BCUT2D eigenvalue weighted by molar-refractivity contribution is 0.199. The number of pyridine rings is 1. The summed E-state index contributed by atoms with van der Waals surface area (Å²) in [6.45, 7) is 7.95. The Morgan fingerprint density at radius 3 is 2.58 bits per heavy atom. The number of fused-ring (bicyclic) bond motifs is 1. The van der Waals surface area contributed by atoms with Crippen molar-refractivity contribution in [2.75, 3.05) is 19.7 Å². The van der Waals surface area contributed by atoms with Crippen LogP contribution in [0.2, 0.25) is 0 Å². The molecule has 0 bridgehead atoms. The van der Waals surface area contributed by atoms with Crippen molar-refractivity contribution in [2.24, 2.45) is 0 Å². The molecule has 1 saturated heterocycles. The van der Waals surface area contributed by atoms with Crippen molar-refractivity contribution < 1.29 is 9.47 Å². The second kappa shape index (κ2) is 9.96. The van der Waals surface area contributed by atoms with Gasteiger partial charge in [-0.25, -0.2) is 0 Å². The molecule has 3 heterocycles. The van der Waals surface area contributed by atoms with Gasteiger partial charge in [0.25, 0.3) is 0 Å². The van der Waals surface area contributed by atoms with E-state index in [0.717, 1.165) is 56.8 Å². The van der Waals surface area contributed by atoms with Crippen LogP contribution in [0.4, 0.5) is 0 Å². The van der Waals surface area contributed by atoms with E-state index in [1.807, 2.05) is 0 Å². The SMILES string of the molecule is CCOc1cc2c(cc1CN1CCC(c3ccc(Cc4ccccc4)cn3)CC1)O[C@H](C)C2. The Bertz CT molecular complexity index is 1060. The number of nitrogens with zero attached hydrogens (tertiary/aromatic N) is 2. The molecule has 1 aromatic heterocycles. The molecular formula is C29H34N2O2. The molecule has 33 heavy (non-hydrogen) atoms. The lowest BCUT2D eigenvalue weighted by Gasteiger charge is -2.32. The molecule has 1 atom stereocenters. The number of ether oxygens (including phenoxy) is 2. The van der Waals surface area contributed by atoms with E-state index in [2.05, 4.69) is 79.5 Å². The first-order chi connectivity index (χ1) is 16.2. The second-order valence-corrected chi connectivity index (χ2v) is 9.44. The Morgan fingerprint density at radius 2 is 1.85 bits per heavy atom. The van der Waals surface area contributed by atoms with Crippen molar-refractivity contribution in [1.29, 1.82) is 0 Å². The van der Waals surface area contributed by atoms with Crippen LogP contribution in [0.3, 0.4) is 0 Å². The maximum atomic E-state index is 6.01. The van der Waals surface area contributed by atoms with Crippen LogP contribution in [0.1, 0.15) is 60.6 Å². The minimum Gasteiger partial charge on any atom is -0.494 e. The lowest BCUT2D eigenvalue weighted by atomic mass is 9.92. The number of likely N-dealkylation sites (tertiary alicyclic amines) is 1. The van der Waals surface area contributed by atoms with Crippen LogP contribution in [0.25, 0.3) is 0 Å². The number of rotatable bonds is 7. The van der Waals surface area contributed by atoms with Crippen molar-refractivity contribution in [3.05, 3.63) is 88.7 Å². The Labute approximate surface area is 197 Å². The summed E-state index contributed by atoms with van der Waals surface area (Å²) in [5, 5.41) is 0. The monoisotopic (exact) mass is 442 g/mol. The zero-order chi connectivity index (χ0) is 22.6. The maximum absolute atomic E-state index is 6.01. The summed E-state index contributed by atoms with van der Waals surface area (Å²) in [6.07, 6.45) is 6.53.